The Morgan fingerprint density at radius 2 is 1.80 bits per heavy atom. The van der Waals surface area contributed by atoms with E-state index in [1.165, 1.54) is 36.8 Å². The molecule has 3 rings (SSSR count). The predicted molar refractivity (Wildman–Crippen MR) is 79.4 cm³/mol. The third-order valence-corrected chi connectivity index (χ3v) is 4.36. The minimum absolute atomic E-state index is 0.703. The monoisotopic (exact) mass is 267 g/mol. The molecule has 0 bridgehead atoms. The van der Waals surface area contributed by atoms with E-state index in [1.54, 1.807) is 0 Å². The van der Waals surface area contributed by atoms with Gasteiger partial charge in [0.15, 0.2) is 0 Å². The first-order chi connectivity index (χ1) is 9.81. The van der Waals surface area contributed by atoms with E-state index >= 15 is 0 Å². The molecule has 0 aliphatic heterocycles. The molecule has 2 aromatic rings. The maximum atomic E-state index is 4.29. The molecule has 1 aliphatic carbocycles. The molecule has 0 saturated heterocycles. The third-order valence-electron chi connectivity index (χ3n) is 4.36. The average molecular weight is 267 g/mol. The lowest BCUT2D eigenvalue weighted by molar-refractivity contribution is 0.324. The van der Waals surface area contributed by atoms with Crippen molar-refractivity contribution in [3.63, 3.8) is 0 Å². The van der Waals surface area contributed by atoms with Gasteiger partial charge in [0.1, 0.15) is 5.82 Å². The van der Waals surface area contributed by atoms with Crippen LogP contribution >= 0.6 is 0 Å². The normalized spacial score (nSPS) is 22.6. The molecule has 2 heterocycles. The van der Waals surface area contributed by atoms with Crippen molar-refractivity contribution in [3.05, 3.63) is 53.9 Å². The van der Waals surface area contributed by atoms with Gasteiger partial charge in [-0.15, -0.1) is 0 Å². The van der Waals surface area contributed by atoms with Crippen molar-refractivity contribution in [2.45, 2.75) is 44.9 Å². The van der Waals surface area contributed by atoms with E-state index in [-0.39, 0.29) is 0 Å². The summed E-state index contributed by atoms with van der Waals surface area (Å²) in [5.41, 5.74) is 2.69. The van der Waals surface area contributed by atoms with E-state index < -0.39 is 0 Å². The van der Waals surface area contributed by atoms with Crippen LogP contribution in [0.1, 0.15) is 48.6 Å². The summed E-state index contributed by atoms with van der Waals surface area (Å²) < 4.78 is 0. The maximum absolute atomic E-state index is 4.29. The van der Waals surface area contributed by atoms with Crippen molar-refractivity contribution in [2.75, 3.05) is 0 Å². The molecule has 104 valence electrons. The highest BCUT2D eigenvalue weighted by Crippen LogP contribution is 2.36. The molecular formula is C17H21N3. The van der Waals surface area contributed by atoms with Crippen molar-refractivity contribution in [3.8, 4) is 0 Å². The van der Waals surface area contributed by atoms with Gasteiger partial charge in [-0.2, -0.15) is 0 Å². The van der Waals surface area contributed by atoms with Gasteiger partial charge >= 0.3 is 0 Å². The highest BCUT2D eigenvalue weighted by molar-refractivity contribution is 5.15. The smallest absolute Gasteiger partial charge is 0.125 e. The van der Waals surface area contributed by atoms with E-state index in [9.17, 15) is 0 Å². The molecule has 2 aromatic heterocycles. The van der Waals surface area contributed by atoms with Crippen LogP contribution in [-0.4, -0.2) is 15.0 Å². The van der Waals surface area contributed by atoms with Gasteiger partial charge in [0.25, 0.3) is 0 Å². The van der Waals surface area contributed by atoms with Gasteiger partial charge in [0.05, 0.1) is 0 Å². The van der Waals surface area contributed by atoms with E-state index in [0.29, 0.717) is 5.92 Å². The Balaban J connectivity index is 1.55. The summed E-state index contributed by atoms with van der Waals surface area (Å²) in [5, 5.41) is 0. The van der Waals surface area contributed by atoms with Gasteiger partial charge in [0, 0.05) is 24.8 Å². The van der Waals surface area contributed by atoms with E-state index in [1.807, 2.05) is 37.8 Å². The third kappa shape index (κ3) is 3.21. The summed E-state index contributed by atoms with van der Waals surface area (Å²) in [6.45, 7) is 1.93. The van der Waals surface area contributed by atoms with Crippen molar-refractivity contribution in [1.82, 2.24) is 15.0 Å². The second kappa shape index (κ2) is 6.12. The second-order valence-corrected chi connectivity index (χ2v) is 5.85. The number of aryl methyl sites for hydroxylation is 1. The lowest BCUT2D eigenvalue weighted by Gasteiger charge is -2.28. The van der Waals surface area contributed by atoms with Crippen LogP contribution in [0.15, 0.2) is 36.9 Å². The molecule has 20 heavy (non-hydrogen) atoms. The number of nitrogens with zero attached hydrogens (tertiary/aromatic N) is 3. The molecule has 1 saturated carbocycles. The topological polar surface area (TPSA) is 38.7 Å². The summed E-state index contributed by atoms with van der Waals surface area (Å²) >= 11 is 0. The number of hydrogen-bond donors (Lipinski definition) is 0. The maximum Gasteiger partial charge on any atom is 0.125 e. The van der Waals surface area contributed by atoms with Gasteiger partial charge in [-0.1, -0.05) is 6.07 Å². The van der Waals surface area contributed by atoms with Gasteiger partial charge in [-0.05, 0) is 68.1 Å². The molecule has 1 aliphatic rings. The van der Waals surface area contributed by atoms with E-state index in [4.69, 9.17) is 0 Å². The second-order valence-electron chi connectivity index (χ2n) is 5.85. The zero-order chi connectivity index (χ0) is 13.8. The Kier molecular flexibility index (Phi) is 4.05. The number of rotatable bonds is 3. The summed E-state index contributed by atoms with van der Waals surface area (Å²) in [6, 6.07) is 4.26. The standard InChI is InChI=1S/C17H21N3/c1-13-19-10-15(11-20-13)9-14-4-6-16(7-5-14)17-3-2-8-18-12-17/h2-3,8,10-12,14,16H,4-7,9H2,1H3. The number of hydrogen-bond acceptors (Lipinski definition) is 3. The minimum atomic E-state index is 0.703. The summed E-state index contributed by atoms with van der Waals surface area (Å²) in [4.78, 5) is 12.8. The predicted octanol–water partition coefficient (Wildman–Crippen LogP) is 3.70. The summed E-state index contributed by atoms with van der Waals surface area (Å²) in [5.74, 6) is 2.34. The molecule has 0 N–H and O–H groups in total. The van der Waals surface area contributed by atoms with Crippen LogP contribution in [0.25, 0.3) is 0 Å². The Hall–Kier alpha value is -1.77. The average Bonchev–Trinajstić information content (AvgIpc) is 2.51. The summed E-state index contributed by atoms with van der Waals surface area (Å²) in [6.07, 6.45) is 14.1. The summed E-state index contributed by atoms with van der Waals surface area (Å²) in [7, 11) is 0. The Morgan fingerprint density at radius 3 is 2.45 bits per heavy atom. The molecule has 0 atom stereocenters. The first kappa shape index (κ1) is 13.2. The van der Waals surface area contributed by atoms with Crippen LogP contribution in [0.4, 0.5) is 0 Å². The Bertz CT molecular complexity index is 528. The van der Waals surface area contributed by atoms with Gasteiger partial charge < -0.3 is 0 Å². The van der Waals surface area contributed by atoms with Crippen molar-refractivity contribution >= 4 is 0 Å². The van der Waals surface area contributed by atoms with Gasteiger partial charge in [-0.3, -0.25) is 4.98 Å². The first-order valence-electron chi connectivity index (χ1n) is 7.48. The molecular weight excluding hydrogens is 246 g/mol. The van der Waals surface area contributed by atoms with Gasteiger partial charge in [-0.25, -0.2) is 9.97 Å². The zero-order valence-electron chi connectivity index (χ0n) is 12.0. The highest BCUT2D eigenvalue weighted by Gasteiger charge is 2.22. The molecule has 1 fully saturated rings. The SMILES string of the molecule is Cc1ncc(CC2CCC(c3cccnc3)CC2)cn1. The number of aromatic nitrogens is 3. The molecule has 3 heteroatoms. The zero-order valence-corrected chi connectivity index (χ0v) is 12.0. The van der Waals surface area contributed by atoms with Crippen LogP contribution in [0.2, 0.25) is 0 Å². The fourth-order valence-corrected chi connectivity index (χ4v) is 3.18. The Morgan fingerprint density at radius 1 is 1.05 bits per heavy atom. The molecule has 0 spiro atoms. The van der Waals surface area contributed by atoms with Gasteiger partial charge in [0.2, 0.25) is 0 Å². The fourth-order valence-electron chi connectivity index (χ4n) is 3.18. The van der Waals surface area contributed by atoms with E-state index in [2.05, 4.69) is 21.0 Å². The molecule has 0 amide bonds. The van der Waals surface area contributed by atoms with Crippen LogP contribution in [0, 0.1) is 12.8 Å². The lowest BCUT2D eigenvalue weighted by Crippen LogP contribution is -2.15. The Labute approximate surface area is 120 Å². The van der Waals surface area contributed by atoms with Crippen LogP contribution < -0.4 is 0 Å². The molecule has 0 aromatic carbocycles. The largest absolute Gasteiger partial charge is 0.264 e. The van der Waals surface area contributed by atoms with E-state index in [0.717, 1.165) is 18.2 Å². The van der Waals surface area contributed by atoms with Crippen molar-refractivity contribution < 1.29 is 0 Å². The fraction of sp³-hybridized carbons (Fsp3) is 0.471. The van der Waals surface area contributed by atoms with Crippen LogP contribution in [0.3, 0.4) is 0 Å². The quantitative estimate of drug-likeness (QED) is 0.851. The molecule has 0 unspecified atom stereocenters. The first-order valence-corrected chi connectivity index (χ1v) is 7.48. The number of pyridine rings is 1. The molecule has 3 nitrogen and oxygen atoms in total. The highest BCUT2D eigenvalue weighted by atomic mass is 14.8. The van der Waals surface area contributed by atoms with Crippen molar-refractivity contribution in [2.24, 2.45) is 5.92 Å². The lowest BCUT2D eigenvalue weighted by atomic mass is 9.77. The van der Waals surface area contributed by atoms with Crippen LogP contribution in [0.5, 0.6) is 0 Å². The van der Waals surface area contributed by atoms with Crippen LogP contribution in [-0.2, 0) is 6.42 Å². The molecule has 0 radical (unpaired) electrons. The van der Waals surface area contributed by atoms with Crippen molar-refractivity contribution in [1.29, 1.82) is 0 Å². The minimum Gasteiger partial charge on any atom is -0.264 e.